The Morgan fingerprint density at radius 2 is 1.91 bits per heavy atom. The smallest absolute Gasteiger partial charge is 0.266 e. The van der Waals surface area contributed by atoms with E-state index in [4.69, 9.17) is 12.2 Å². The third-order valence-electron chi connectivity index (χ3n) is 3.57. The van der Waals surface area contributed by atoms with E-state index in [1.54, 1.807) is 4.90 Å². The number of hydrogen-bond donors (Lipinski definition) is 0. The summed E-state index contributed by atoms with van der Waals surface area (Å²) in [4.78, 5) is 16.9. The van der Waals surface area contributed by atoms with Crippen molar-refractivity contribution in [2.45, 2.75) is 26.2 Å². The first-order chi connectivity index (χ1) is 10.5. The van der Waals surface area contributed by atoms with Crippen molar-refractivity contribution < 1.29 is 4.79 Å². The number of nitrogens with zero attached hydrogens (tertiary/aromatic N) is 2. The van der Waals surface area contributed by atoms with Crippen molar-refractivity contribution in [1.82, 2.24) is 4.90 Å². The summed E-state index contributed by atoms with van der Waals surface area (Å²) in [7, 11) is 4.02. The van der Waals surface area contributed by atoms with Gasteiger partial charge in [-0.05, 0) is 30.2 Å². The summed E-state index contributed by atoms with van der Waals surface area (Å²) in [5.74, 6) is 0.0442. The molecule has 1 aliphatic rings. The molecule has 118 valence electrons. The first-order valence-electron chi connectivity index (χ1n) is 7.55. The number of rotatable bonds is 6. The second-order valence-electron chi connectivity index (χ2n) is 5.53. The molecule has 1 aromatic carbocycles. The summed E-state index contributed by atoms with van der Waals surface area (Å²) in [6.07, 6.45) is 5.21. The molecule has 3 nitrogen and oxygen atoms in total. The largest absolute Gasteiger partial charge is 0.378 e. The first-order valence-corrected chi connectivity index (χ1v) is 8.78. The fourth-order valence-corrected chi connectivity index (χ4v) is 3.54. The van der Waals surface area contributed by atoms with Crippen LogP contribution in [0.2, 0.25) is 0 Å². The predicted octanol–water partition coefficient (Wildman–Crippen LogP) is 4.14. The Labute approximate surface area is 142 Å². The zero-order valence-electron chi connectivity index (χ0n) is 13.3. The van der Waals surface area contributed by atoms with E-state index in [2.05, 4.69) is 11.8 Å². The number of amides is 1. The lowest BCUT2D eigenvalue weighted by Gasteiger charge is -2.13. The van der Waals surface area contributed by atoms with Crippen LogP contribution in [0, 0.1) is 0 Å². The van der Waals surface area contributed by atoms with Gasteiger partial charge in [0.2, 0.25) is 0 Å². The molecular weight excluding hydrogens is 312 g/mol. The molecule has 0 radical (unpaired) electrons. The third-order valence-corrected chi connectivity index (χ3v) is 4.94. The van der Waals surface area contributed by atoms with Crippen LogP contribution < -0.4 is 4.90 Å². The van der Waals surface area contributed by atoms with Crippen molar-refractivity contribution in [3.8, 4) is 0 Å². The lowest BCUT2D eigenvalue weighted by atomic mass is 10.2. The van der Waals surface area contributed by atoms with Gasteiger partial charge in [0.15, 0.2) is 0 Å². The third kappa shape index (κ3) is 4.11. The summed E-state index contributed by atoms with van der Waals surface area (Å²) in [6, 6.07) is 8.15. The molecule has 0 spiro atoms. The Balaban J connectivity index is 2.08. The van der Waals surface area contributed by atoms with Crippen molar-refractivity contribution in [3.05, 3.63) is 34.7 Å². The molecular formula is C17H22N2OS2. The standard InChI is InChI=1S/C17H22N2OS2/c1-4-5-6-11-19-16(20)15(22-17(19)21)12-13-7-9-14(10-8-13)18(2)3/h7-10,12H,4-6,11H2,1-3H3/b15-12+. The van der Waals surface area contributed by atoms with E-state index < -0.39 is 0 Å². The molecule has 2 rings (SSSR count). The number of benzene rings is 1. The fourth-order valence-electron chi connectivity index (χ4n) is 2.23. The molecule has 0 aliphatic carbocycles. The highest BCUT2D eigenvalue weighted by Crippen LogP contribution is 2.32. The topological polar surface area (TPSA) is 23.6 Å². The number of carbonyl (C=O) groups is 1. The maximum Gasteiger partial charge on any atom is 0.266 e. The van der Waals surface area contributed by atoms with Gasteiger partial charge in [-0.3, -0.25) is 9.69 Å². The number of unbranched alkanes of at least 4 members (excludes halogenated alkanes) is 2. The molecule has 1 amide bonds. The molecule has 1 saturated heterocycles. The predicted molar refractivity (Wildman–Crippen MR) is 100 cm³/mol. The second kappa shape index (κ2) is 7.79. The molecule has 0 aromatic heterocycles. The highest BCUT2D eigenvalue weighted by Gasteiger charge is 2.31. The van der Waals surface area contributed by atoms with Gasteiger partial charge in [-0.1, -0.05) is 55.9 Å². The van der Waals surface area contributed by atoms with Crippen molar-refractivity contribution in [3.63, 3.8) is 0 Å². The molecule has 1 aromatic rings. The fraction of sp³-hybridized carbons (Fsp3) is 0.412. The number of thioether (sulfide) groups is 1. The van der Waals surface area contributed by atoms with Crippen LogP contribution in [0.4, 0.5) is 5.69 Å². The molecule has 0 saturated carbocycles. The highest BCUT2D eigenvalue weighted by molar-refractivity contribution is 8.26. The lowest BCUT2D eigenvalue weighted by Crippen LogP contribution is -2.28. The van der Waals surface area contributed by atoms with Crippen molar-refractivity contribution in [1.29, 1.82) is 0 Å². The molecule has 0 atom stereocenters. The van der Waals surface area contributed by atoms with Crippen molar-refractivity contribution in [2.24, 2.45) is 0 Å². The van der Waals surface area contributed by atoms with E-state index in [0.717, 1.165) is 42.0 Å². The normalized spacial score (nSPS) is 16.7. The molecule has 22 heavy (non-hydrogen) atoms. The summed E-state index contributed by atoms with van der Waals surface area (Å²) in [5.41, 5.74) is 2.17. The Morgan fingerprint density at radius 1 is 1.23 bits per heavy atom. The SMILES string of the molecule is CCCCCN1C(=O)/C(=C\c2ccc(N(C)C)cc2)SC1=S. The summed E-state index contributed by atoms with van der Waals surface area (Å²) >= 11 is 6.74. The quantitative estimate of drug-likeness (QED) is 0.443. The zero-order valence-corrected chi connectivity index (χ0v) is 15.0. The van der Waals surface area contributed by atoms with Gasteiger partial charge in [0, 0.05) is 26.3 Å². The molecule has 0 unspecified atom stereocenters. The van der Waals surface area contributed by atoms with E-state index >= 15 is 0 Å². The van der Waals surface area contributed by atoms with Crippen LogP contribution in [0.5, 0.6) is 0 Å². The van der Waals surface area contributed by atoms with Gasteiger partial charge >= 0.3 is 0 Å². The highest BCUT2D eigenvalue weighted by atomic mass is 32.2. The number of hydrogen-bond acceptors (Lipinski definition) is 4. The van der Waals surface area contributed by atoms with Crippen LogP contribution in [-0.4, -0.2) is 35.8 Å². The van der Waals surface area contributed by atoms with Crippen LogP contribution in [0.3, 0.4) is 0 Å². The Bertz CT molecular complexity index is 579. The van der Waals surface area contributed by atoms with Crippen LogP contribution >= 0.6 is 24.0 Å². The minimum Gasteiger partial charge on any atom is -0.378 e. The van der Waals surface area contributed by atoms with Gasteiger partial charge in [-0.2, -0.15) is 0 Å². The van der Waals surface area contributed by atoms with Crippen molar-refractivity contribution in [2.75, 3.05) is 25.5 Å². The van der Waals surface area contributed by atoms with Crippen LogP contribution in [0.25, 0.3) is 6.08 Å². The lowest BCUT2D eigenvalue weighted by molar-refractivity contribution is -0.122. The van der Waals surface area contributed by atoms with E-state index in [-0.39, 0.29) is 5.91 Å². The molecule has 5 heteroatoms. The molecule has 1 aliphatic heterocycles. The number of thiocarbonyl (C=S) groups is 1. The van der Waals surface area contributed by atoms with Crippen molar-refractivity contribution >= 4 is 46.0 Å². The Hall–Kier alpha value is -1.33. The van der Waals surface area contributed by atoms with E-state index in [9.17, 15) is 4.79 Å². The maximum atomic E-state index is 12.4. The minimum absolute atomic E-state index is 0.0442. The molecule has 1 heterocycles. The maximum absolute atomic E-state index is 12.4. The van der Waals surface area contributed by atoms with Gasteiger partial charge in [0.05, 0.1) is 4.91 Å². The van der Waals surface area contributed by atoms with Crippen LogP contribution in [-0.2, 0) is 4.79 Å². The molecule has 0 N–H and O–H groups in total. The molecule has 1 fully saturated rings. The first kappa shape index (κ1) is 17.0. The summed E-state index contributed by atoms with van der Waals surface area (Å²) < 4.78 is 0.678. The van der Waals surface area contributed by atoms with Gasteiger partial charge in [0.1, 0.15) is 4.32 Å². The number of carbonyl (C=O) groups excluding carboxylic acids is 1. The van der Waals surface area contributed by atoms with Gasteiger partial charge < -0.3 is 4.90 Å². The molecule has 0 bridgehead atoms. The van der Waals surface area contributed by atoms with Crippen LogP contribution in [0.1, 0.15) is 31.7 Å². The monoisotopic (exact) mass is 334 g/mol. The number of anilines is 1. The summed E-state index contributed by atoms with van der Waals surface area (Å²) in [5, 5.41) is 0. The minimum atomic E-state index is 0.0442. The average molecular weight is 335 g/mol. The van der Waals surface area contributed by atoms with Gasteiger partial charge in [-0.25, -0.2) is 0 Å². The second-order valence-corrected chi connectivity index (χ2v) is 7.20. The summed E-state index contributed by atoms with van der Waals surface area (Å²) in [6.45, 7) is 2.89. The van der Waals surface area contributed by atoms with E-state index in [1.807, 2.05) is 44.4 Å². The van der Waals surface area contributed by atoms with E-state index in [1.165, 1.54) is 11.8 Å². The van der Waals surface area contributed by atoms with E-state index in [0.29, 0.717) is 4.32 Å². The Morgan fingerprint density at radius 3 is 2.50 bits per heavy atom. The Kier molecular flexibility index (Phi) is 6.03. The zero-order chi connectivity index (χ0) is 16.1. The van der Waals surface area contributed by atoms with Crippen LogP contribution in [0.15, 0.2) is 29.2 Å². The average Bonchev–Trinajstić information content (AvgIpc) is 2.75. The van der Waals surface area contributed by atoms with Gasteiger partial charge in [0.25, 0.3) is 5.91 Å². The van der Waals surface area contributed by atoms with Gasteiger partial charge in [-0.15, -0.1) is 0 Å².